The van der Waals surface area contributed by atoms with E-state index in [1.807, 2.05) is 18.2 Å². The first-order valence-corrected chi connectivity index (χ1v) is 7.93. The number of unbranched alkanes of at least 4 members (excludes halogenated alkanes) is 4. The highest BCUT2D eigenvalue weighted by molar-refractivity contribution is 5.42. The van der Waals surface area contributed by atoms with Gasteiger partial charge in [0.25, 0.3) is 0 Å². The molecule has 0 saturated carbocycles. The molecule has 1 rings (SSSR count). The molecule has 0 fully saturated rings. The van der Waals surface area contributed by atoms with E-state index >= 15 is 0 Å². The molecular formula is C17H29NO3. The van der Waals surface area contributed by atoms with Gasteiger partial charge in [0.15, 0.2) is 11.5 Å². The number of methoxy groups -OCH3 is 1. The Morgan fingerprint density at radius 3 is 2.62 bits per heavy atom. The molecule has 1 aromatic rings. The quantitative estimate of drug-likeness (QED) is 0.582. The second-order valence-electron chi connectivity index (χ2n) is 5.15. The largest absolute Gasteiger partial charge is 0.493 e. The number of ether oxygens (including phenoxy) is 2. The zero-order valence-corrected chi connectivity index (χ0v) is 13.4. The topological polar surface area (TPSA) is 50.7 Å². The van der Waals surface area contributed by atoms with Gasteiger partial charge in [-0.25, -0.2) is 0 Å². The lowest BCUT2D eigenvalue weighted by atomic mass is 10.1. The third-order valence-electron chi connectivity index (χ3n) is 3.35. The molecule has 0 bridgehead atoms. The molecule has 0 aliphatic heterocycles. The van der Waals surface area contributed by atoms with Crippen molar-refractivity contribution in [2.24, 2.45) is 0 Å². The van der Waals surface area contributed by atoms with Gasteiger partial charge in [-0.15, -0.1) is 0 Å². The van der Waals surface area contributed by atoms with E-state index in [9.17, 15) is 0 Å². The van der Waals surface area contributed by atoms with Crippen molar-refractivity contribution in [1.82, 2.24) is 5.32 Å². The summed E-state index contributed by atoms with van der Waals surface area (Å²) in [5, 5.41) is 11.9. The van der Waals surface area contributed by atoms with Gasteiger partial charge in [-0.2, -0.15) is 0 Å². The van der Waals surface area contributed by atoms with E-state index in [2.05, 4.69) is 12.2 Å². The van der Waals surface area contributed by atoms with E-state index in [0.29, 0.717) is 13.1 Å². The smallest absolute Gasteiger partial charge is 0.161 e. The Morgan fingerprint density at radius 2 is 1.90 bits per heavy atom. The van der Waals surface area contributed by atoms with Crippen LogP contribution in [0.5, 0.6) is 11.5 Å². The van der Waals surface area contributed by atoms with Gasteiger partial charge in [0.1, 0.15) is 0 Å². The molecule has 0 aromatic heterocycles. The van der Waals surface area contributed by atoms with Crippen LogP contribution in [0.3, 0.4) is 0 Å². The highest BCUT2D eigenvalue weighted by Gasteiger charge is 2.05. The molecule has 1 aromatic carbocycles. The van der Waals surface area contributed by atoms with Crippen LogP contribution < -0.4 is 14.8 Å². The summed E-state index contributed by atoms with van der Waals surface area (Å²) in [6, 6.07) is 5.97. The summed E-state index contributed by atoms with van der Waals surface area (Å²) in [4.78, 5) is 0. The summed E-state index contributed by atoms with van der Waals surface area (Å²) >= 11 is 0. The molecule has 0 atom stereocenters. The summed E-state index contributed by atoms with van der Waals surface area (Å²) < 4.78 is 11.2. The van der Waals surface area contributed by atoms with Crippen molar-refractivity contribution in [3.8, 4) is 11.5 Å². The number of benzene rings is 1. The summed E-state index contributed by atoms with van der Waals surface area (Å²) in [5.41, 5.74) is 1.12. The molecule has 4 nitrogen and oxygen atoms in total. The number of aliphatic hydroxyl groups is 1. The lowest BCUT2D eigenvalue weighted by molar-refractivity contribution is 0.284. The van der Waals surface area contributed by atoms with Crippen LogP contribution in [0.2, 0.25) is 0 Å². The lowest BCUT2D eigenvalue weighted by Crippen LogP contribution is -2.17. The van der Waals surface area contributed by atoms with Crippen LogP contribution in [-0.4, -0.2) is 32.0 Å². The van der Waals surface area contributed by atoms with Crippen LogP contribution in [0, 0.1) is 0 Å². The predicted molar refractivity (Wildman–Crippen MR) is 86.0 cm³/mol. The maximum absolute atomic E-state index is 8.76. The minimum absolute atomic E-state index is 0.149. The molecule has 0 aliphatic carbocycles. The van der Waals surface area contributed by atoms with E-state index in [1.54, 1.807) is 7.11 Å². The van der Waals surface area contributed by atoms with Crippen molar-refractivity contribution in [3.63, 3.8) is 0 Å². The van der Waals surface area contributed by atoms with Crippen LogP contribution in [0.4, 0.5) is 0 Å². The average molecular weight is 295 g/mol. The number of nitrogens with one attached hydrogen (secondary N) is 1. The zero-order chi connectivity index (χ0) is 15.3. The van der Waals surface area contributed by atoms with Gasteiger partial charge in [-0.1, -0.05) is 38.7 Å². The molecule has 120 valence electrons. The van der Waals surface area contributed by atoms with Crippen molar-refractivity contribution in [3.05, 3.63) is 23.8 Å². The van der Waals surface area contributed by atoms with E-state index in [0.717, 1.165) is 30.1 Å². The fourth-order valence-electron chi connectivity index (χ4n) is 2.14. The number of rotatable bonds is 12. The monoisotopic (exact) mass is 295 g/mol. The van der Waals surface area contributed by atoms with Gasteiger partial charge in [0, 0.05) is 13.1 Å². The molecule has 0 saturated heterocycles. The Morgan fingerprint density at radius 1 is 1.10 bits per heavy atom. The molecule has 0 aliphatic rings. The normalized spacial score (nSPS) is 10.6. The minimum Gasteiger partial charge on any atom is -0.493 e. The van der Waals surface area contributed by atoms with Crippen LogP contribution in [-0.2, 0) is 6.54 Å². The zero-order valence-electron chi connectivity index (χ0n) is 13.4. The first-order chi connectivity index (χ1) is 10.3. The standard InChI is InChI=1S/C17H29NO3/c1-3-4-5-6-7-12-21-16-9-8-15(13-17(16)20-2)14-18-10-11-19/h8-9,13,18-19H,3-7,10-12,14H2,1-2H3. The second-order valence-corrected chi connectivity index (χ2v) is 5.15. The van der Waals surface area contributed by atoms with Crippen LogP contribution in [0.1, 0.15) is 44.6 Å². The van der Waals surface area contributed by atoms with Crippen molar-refractivity contribution in [2.45, 2.75) is 45.6 Å². The molecule has 0 unspecified atom stereocenters. The summed E-state index contributed by atoms with van der Waals surface area (Å²) in [5.74, 6) is 1.57. The summed E-state index contributed by atoms with van der Waals surface area (Å²) in [6.07, 6.45) is 6.16. The van der Waals surface area contributed by atoms with Gasteiger partial charge in [-0.05, 0) is 24.1 Å². The van der Waals surface area contributed by atoms with E-state index in [-0.39, 0.29) is 6.61 Å². The molecule has 2 N–H and O–H groups in total. The van der Waals surface area contributed by atoms with Gasteiger partial charge in [-0.3, -0.25) is 0 Å². The lowest BCUT2D eigenvalue weighted by Gasteiger charge is -2.12. The third-order valence-corrected chi connectivity index (χ3v) is 3.35. The predicted octanol–water partition coefficient (Wildman–Crippen LogP) is 3.13. The fourth-order valence-corrected chi connectivity index (χ4v) is 2.14. The van der Waals surface area contributed by atoms with Crippen LogP contribution >= 0.6 is 0 Å². The van der Waals surface area contributed by atoms with Crippen molar-refractivity contribution < 1.29 is 14.6 Å². The molecule has 0 amide bonds. The molecule has 0 heterocycles. The van der Waals surface area contributed by atoms with Crippen LogP contribution in [0.25, 0.3) is 0 Å². The van der Waals surface area contributed by atoms with E-state index in [1.165, 1.54) is 25.7 Å². The average Bonchev–Trinajstić information content (AvgIpc) is 2.51. The summed E-state index contributed by atoms with van der Waals surface area (Å²) in [7, 11) is 1.66. The van der Waals surface area contributed by atoms with E-state index in [4.69, 9.17) is 14.6 Å². The van der Waals surface area contributed by atoms with Gasteiger partial charge in [0.2, 0.25) is 0 Å². The molecular weight excluding hydrogens is 266 g/mol. The van der Waals surface area contributed by atoms with Gasteiger partial charge >= 0.3 is 0 Å². The third kappa shape index (κ3) is 7.34. The second kappa shape index (κ2) is 11.4. The van der Waals surface area contributed by atoms with E-state index < -0.39 is 0 Å². The Balaban J connectivity index is 2.39. The number of hydrogen-bond acceptors (Lipinski definition) is 4. The van der Waals surface area contributed by atoms with Crippen molar-refractivity contribution in [1.29, 1.82) is 0 Å². The Labute approximate surface area is 128 Å². The molecule has 21 heavy (non-hydrogen) atoms. The maximum atomic E-state index is 8.76. The summed E-state index contributed by atoms with van der Waals surface area (Å²) in [6.45, 7) is 4.42. The maximum Gasteiger partial charge on any atom is 0.161 e. The van der Waals surface area contributed by atoms with Gasteiger partial charge < -0.3 is 19.9 Å². The fraction of sp³-hybridized carbons (Fsp3) is 0.647. The SMILES string of the molecule is CCCCCCCOc1ccc(CNCCO)cc1OC. The number of aliphatic hydroxyl groups excluding tert-OH is 1. The first kappa shape index (κ1) is 17.8. The Hall–Kier alpha value is -1.26. The Kier molecular flexibility index (Phi) is 9.66. The highest BCUT2D eigenvalue weighted by atomic mass is 16.5. The van der Waals surface area contributed by atoms with Crippen molar-refractivity contribution in [2.75, 3.05) is 26.9 Å². The Bertz CT molecular complexity index is 382. The van der Waals surface area contributed by atoms with Crippen LogP contribution in [0.15, 0.2) is 18.2 Å². The highest BCUT2D eigenvalue weighted by Crippen LogP contribution is 2.28. The molecule has 0 radical (unpaired) electrons. The molecule has 0 spiro atoms. The van der Waals surface area contributed by atoms with Crippen molar-refractivity contribution >= 4 is 0 Å². The number of hydrogen-bond donors (Lipinski definition) is 2. The first-order valence-electron chi connectivity index (χ1n) is 7.93. The van der Waals surface area contributed by atoms with Gasteiger partial charge in [0.05, 0.1) is 20.3 Å². The minimum atomic E-state index is 0.149. The molecule has 4 heteroatoms.